The molecule has 0 fully saturated rings. The van der Waals surface area contributed by atoms with Gasteiger partial charge in [0.1, 0.15) is 0 Å². The molecular formula is C12H19NO. The molecule has 0 bridgehead atoms. The van der Waals surface area contributed by atoms with E-state index in [0.29, 0.717) is 6.04 Å². The lowest BCUT2D eigenvalue weighted by atomic mass is 10.1. The van der Waals surface area contributed by atoms with E-state index in [4.69, 9.17) is 5.11 Å². The van der Waals surface area contributed by atoms with Crippen molar-refractivity contribution in [1.29, 1.82) is 0 Å². The predicted molar refractivity (Wildman–Crippen MR) is 60.4 cm³/mol. The van der Waals surface area contributed by atoms with Crippen LogP contribution in [0.15, 0.2) is 24.3 Å². The molecule has 0 aliphatic carbocycles. The SMILES string of the molecule is CCCC(C)Nc1cccc(CO)c1. The van der Waals surface area contributed by atoms with E-state index in [9.17, 15) is 0 Å². The van der Waals surface area contributed by atoms with Gasteiger partial charge in [-0.05, 0) is 31.0 Å². The highest BCUT2D eigenvalue weighted by molar-refractivity contribution is 5.46. The van der Waals surface area contributed by atoms with Crippen molar-refractivity contribution in [3.8, 4) is 0 Å². The summed E-state index contributed by atoms with van der Waals surface area (Å²) in [5.41, 5.74) is 2.05. The van der Waals surface area contributed by atoms with Gasteiger partial charge in [0, 0.05) is 11.7 Å². The standard InChI is InChI=1S/C12H19NO/c1-3-5-10(2)13-12-7-4-6-11(8-12)9-14/h4,6-8,10,13-14H,3,5,9H2,1-2H3. The smallest absolute Gasteiger partial charge is 0.0682 e. The van der Waals surface area contributed by atoms with Crippen molar-refractivity contribution in [3.63, 3.8) is 0 Å². The Morgan fingerprint density at radius 2 is 2.21 bits per heavy atom. The molecule has 0 saturated carbocycles. The number of hydrogen-bond acceptors (Lipinski definition) is 2. The Morgan fingerprint density at radius 3 is 2.86 bits per heavy atom. The zero-order valence-electron chi connectivity index (χ0n) is 8.96. The number of hydrogen-bond donors (Lipinski definition) is 2. The highest BCUT2D eigenvalue weighted by Gasteiger charge is 2.00. The fraction of sp³-hybridized carbons (Fsp3) is 0.500. The Bertz CT molecular complexity index is 273. The fourth-order valence-electron chi connectivity index (χ4n) is 1.55. The summed E-state index contributed by atoms with van der Waals surface area (Å²) in [7, 11) is 0. The molecule has 1 aromatic carbocycles. The van der Waals surface area contributed by atoms with E-state index in [-0.39, 0.29) is 6.61 Å². The first kappa shape index (κ1) is 11.1. The maximum Gasteiger partial charge on any atom is 0.0682 e. The van der Waals surface area contributed by atoms with E-state index < -0.39 is 0 Å². The van der Waals surface area contributed by atoms with Gasteiger partial charge in [-0.3, -0.25) is 0 Å². The molecule has 1 aromatic rings. The monoisotopic (exact) mass is 193 g/mol. The van der Waals surface area contributed by atoms with Crippen LogP contribution in [0.2, 0.25) is 0 Å². The molecule has 14 heavy (non-hydrogen) atoms. The second kappa shape index (κ2) is 5.66. The minimum atomic E-state index is 0.109. The Kier molecular flexibility index (Phi) is 4.47. The largest absolute Gasteiger partial charge is 0.392 e. The summed E-state index contributed by atoms with van der Waals surface area (Å²) in [6.07, 6.45) is 2.36. The summed E-state index contributed by atoms with van der Waals surface area (Å²) in [4.78, 5) is 0. The van der Waals surface area contributed by atoms with Crippen molar-refractivity contribution in [1.82, 2.24) is 0 Å². The second-order valence-corrected chi connectivity index (χ2v) is 3.69. The van der Waals surface area contributed by atoms with E-state index in [1.807, 2.05) is 24.3 Å². The van der Waals surface area contributed by atoms with Crippen LogP contribution in [0.3, 0.4) is 0 Å². The van der Waals surface area contributed by atoms with Crippen LogP contribution < -0.4 is 5.32 Å². The van der Waals surface area contributed by atoms with Gasteiger partial charge in [-0.1, -0.05) is 25.5 Å². The van der Waals surface area contributed by atoms with E-state index in [2.05, 4.69) is 19.2 Å². The van der Waals surface area contributed by atoms with Crippen LogP contribution in [-0.2, 0) is 6.61 Å². The number of aliphatic hydroxyl groups is 1. The van der Waals surface area contributed by atoms with Crippen LogP contribution in [0, 0.1) is 0 Å². The zero-order valence-corrected chi connectivity index (χ0v) is 8.96. The average Bonchev–Trinajstić information content (AvgIpc) is 2.18. The third-order valence-electron chi connectivity index (χ3n) is 2.24. The molecule has 2 nitrogen and oxygen atoms in total. The van der Waals surface area contributed by atoms with Crippen molar-refractivity contribution in [2.24, 2.45) is 0 Å². The van der Waals surface area contributed by atoms with Crippen molar-refractivity contribution in [2.75, 3.05) is 5.32 Å². The molecule has 0 aliphatic rings. The van der Waals surface area contributed by atoms with Crippen molar-refractivity contribution < 1.29 is 5.11 Å². The molecule has 1 atom stereocenters. The van der Waals surface area contributed by atoms with Crippen LogP contribution in [0.1, 0.15) is 32.3 Å². The van der Waals surface area contributed by atoms with Crippen LogP contribution >= 0.6 is 0 Å². The molecule has 78 valence electrons. The number of rotatable bonds is 5. The van der Waals surface area contributed by atoms with E-state index >= 15 is 0 Å². The van der Waals surface area contributed by atoms with E-state index in [1.165, 1.54) is 12.8 Å². The molecule has 2 N–H and O–H groups in total. The number of anilines is 1. The van der Waals surface area contributed by atoms with Gasteiger partial charge in [0.2, 0.25) is 0 Å². The Labute approximate surface area is 86.0 Å². The van der Waals surface area contributed by atoms with Gasteiger partial charge in [0.25, 0.3) is 0 Å². The molecule has 0 heterocycles. The minimum absolute atomic E-state index is 0.109. The molecular weight excluding hydrogens is 174 g/mol. The third kappa shape index (κ3) is 3.38. The van der Waals surface area contributed by atoms with Gasteiger partial charge >= 0.3 is 0 Å². The molecule has 2 heteroatoms. The average molecular weight is 193 g/mol. The van der Waals surface area contributed by atoms with Gasteiger partial charge in [-0.15, -0.1) is 0 Å². The lowest BCUT2D eigenvalue weighted by Crippen LogP contribution is -2.14. The molecule has 0 radical (unpaired) electrons. The summed E-state index contributed by atoms with van der Waals surface area (Å²) < 4.78 is 0. The molecule has 0 aromatic heterocycles. The Balaban J connectivity index is 2.57. The molecule has 0 saturated heterocycles. The van der Waals surface area contributed by atoms with Gasteiger partial charge in [-0.2, -0.15) is 0 Å². The van der Waals surface area contributed by atoms with E-state index in [1.54, 1.807) is 0 Å². The van der Waals surface area contributed by atoms with E-state index in [0.717, 1.165) is 11.3 Å². The Morgan fingerprint density at radius 1 is 1.43 bits per heavy atom. The lowest BCUT2D eigenvalue weighted by Gasteiger charge is -2.14. The highest BCUT2D eigenvalue weighted by Crippen LogP contribution is 2.13. The number of nitrogens with one attached hydrogen (secondary N) is 1. The first-order valence-corrected chi connectivity index (χ1v) is 5.22. The van der Waals surface area contributed by atoms with Crippen LogP contribution in [0.25, 0.3) is 0 Å². The normalized spacial score (nSPS) is 12.5. The summed E-state index contributed by atoms with van der Waals surface area (Å²) >= 11 is 0. The van der Waals surface area contributed by atoms with Gasteiger partial charge in [-0.25, -0.2) is 0 Å². The summed E-state index contributed by atoms with van der Waals surface area (Å²) in [6, 6.07) is 8.41. The first-order valence-electron chi connectivity index (χ1n) is 5.22. The highest BCUT2D eigenvalue weighted by atomic mass is 16.3. The molecule has 0 aliphatic heterocycles. The van der Waals surface area contributed by atoms with Crippen molar-refractivity contribution >= 4 is 5.69 Å². The molecule has 1 rings (SSSR count). The van der Waals surface area contributed by atoms with Crippen LogP contribution in [0.5, 0.6) is 0 Å². The quantitative estimate of drug-likeness (QED) is 0.753. The van der Waals surface area contributed by atoms with Gasteiger partial charge < -0.3 is 10.4 Å². The summed E-state index contributed by atoms with van der Waals surface area (Å²) in [6.45, 7) is 4.47. The fourth-order valence-corrected chi connectivity index (χ4v) is 1.55. The topological polar surface area (TPSA) is 32.3 Å². The van der Waals surface area contributed by atoms with Crippen LogP contribution in [0.4, 0.5) is 5.69 Å². The summed E-state index contributed by atoms with van der Waals surface area (Å²) in [5.74, 6) is 0. The number of benzene rings is 1. The van der Waals surface area contributed by atoms with Gasteiger partial charge in [0.15, 0.2) is 0 Å². The van der Waals surface area contributed by atoms with Gasteiger partial charge in [0.05, 0.1) is 6.61 Å². The third-order valence-corrected chi connectivity index (χ3v) is 2.24. The van der Waals surface area contributed by atoms with Crippen molar-refractivity contribution in [2.45, 2.75) is 39.3 Å². The maximum atomic E-state index is 8.97. The first-order chi connectivity index (χ1) is 6.76. The van der Waals surface area contributed by atoms with Crippen LogP contribution in [-0.4, -0.2) is 11.1 Å². The zero-order chi connectivity index (χ0) is 10.4. The number of aliphatic hydroxyl groups excluding tert-OH is 1. The second-order valence-electron chi connectivity index (χ2n) is 3.69. The lowest BCUT2D eigenvalue weighted by molar-refractivity contribution is 0.282. The Hall–Kier alpha value is -1.02. The van der Waals surface area contributed by atoms with Crippen molar-refractivity contribution in [3.05, 3.63) is 29.8 Å². The molecule has 0 spiro atoms. The minimum Gasteiger partial charge on any atom is -0.392 e. The molecule has 1 unspecified atom stereocenters. The molecule has 0 amide bonds. The predicted octanol–water partition coefficient (Wildman–Crippen LogP) is 2.78. The maximum absolute atomic E-state index is 8.97. The summed E-state index contributed by atoms with van der Waals surface area (Å²) in [5, 5.41) is 12.4.